The van der Waals surface area contributed by atoms with Crippen LogP contribution in [0.3, 0.4) is 0 Å². The van der Waals surface area contributed by atoms with Gasteiger partial charge in [0.05, 0.1) is 6.04 Å². The second-order valence-electron chi connectivity index (χ2n) is 6.23. The molecule has 2 aromatic carbocycles. The van der Waals surface area contributed by atoms with Gasteiger partial charge in [-0.1, -0.05) is 12.1 Å². The summed E-state index contributed by atoms with van der Waals surface area (Å²) in [7, 11) is 0. The fourth-order valence-electron chi connectivity index (χ4n) is 3.50. The molecule has 2 aromatic rings. The Balaban J connectivity index is 1.71. The first-order valence-electron chi connectivity index (χ1n) is 8.06. The lowest BCUT2D eigenvalue weighted by Gasteiger charge is -2.25. The fourth-order valence-corrected chi connectivity index (χ4v) is 3.50. The molecular weight excluding hydrogens is 308 g/mol. The van der Waals surface area contributed by atoms with Crippen LogP contribution in [0.1, 0.15) is 30.0 Å². The molecule has 126 valence electrons. The molecule has 2 heterocycles. The van der Waals surface area contributed by atoms with E-state index in [1.165, 1.54) is 6.07 Å². The normalized spacial score (nSPS) is 25.6. The number of rotatable bonds is 2. The van der Waals surface area contributed by atoms with E-state index in [0.717, 1.165) is 22.6 Å². The van der Waals surface area contributed by atoms with Gasteiger partial charge in [0, 0.05) is 23.6 Å². The first kappa shape index (κ1) is 15.1. The molecule has 0 saturated carbocycles. The third-order valence-electron chi connectivity index (χ3n) is 4.66. The summed E-state index contributed by atoms with van der Waals surface area (Å²) in [5, 5.41) is 19.7. The van der Waals surface area contributed by atoms with Crippen LogP contribution in [0.25, 0.3) is 0 Å². The van der Waals surface area contributed by atoms with Gasteiger partial charge in [0.25, 0.3) is 0 Å². The van der Waals surface area contributed by atoms with Crippen molar-refractivity contribution in [3.05, 3.63) is 47.5 Å². The predicted octanol–water partition coefficient (Wildman–Crippen LogP) is 2.19. The number of fused-ring (bicyclic) bond motifs is 1. The summed E-state index contributed by atoms with van der Waals surface area (Å²) in [6, 6.07) is 10.7. The van der Waals surface area contributed by atoms with Crippen LogP contribution in [-0.2, 0) is 0 Å². The van der Waals surface area contributed by atoms with E-state index in [2.05, 4.69) is 17.8 Å². The van der Waals surface area contributed by atoms with Crippen LogP contribution in [0.15, 0.2) is 36.4 Å². The number of nitrogens with one attached hydrogen (secondary N) is 2. The highest BCUT2D eigenvalue weighted by Gasteiger charge is 2.37. The Morgan fingerprint density at radius 1 is 0.958 bits per heavy atom. The van der Waals surface area contributed by atoms with Gasteiger partial charge in [-0.05, 0) is 30.7 Å². The Morgan fingerprint density at radius 2 is 1.75 bits per heavy atom. The molecule has 0 bridgehead atoms. The van der Waals surface area contributed by atoms with Crippen molar-refractivity contribution in [2.24, 2.45) is 0 Å². The molecule has 3 atom stereocenters. The van der Waals surface area contributed by atoms with Crippen LogP contribution >= 0.6 is 0 Å². The molecule has 1 fully saturated rings. The molecule has 2 aliphatic rings. The molecule has 4 rings (SSSR count). The summed E-state index contributed by atoms with van der Waals surface area (Å²) >= 11 is 0. The van der Waals surface area contributed by atoms with Gasteiger partial charge < -0.3 is 19.7 Å². The Bertz CT molecular complexity index is 765. The highest BCUT2D eigenvalue weighted by atomic mass is 16.6. The van der Waals surface area contributed by atoms with E-state index >= 15 is 0 Å². The van der Waals surface area contributed by atoms with Gasteiger partial charge in [-0.2, -0.15) is 0 Å². The zero-order chi connectivity index (χ0) is 16.7. The van der Waals surface area contributed by atoms with Crippen molar-refractivity contribution in [1.29, 1.82) is 0 Å². The minimum absolute atomic E-state index is 0.0473. The van der Waals surface area contributed by atoms with Gasteiger partial charge in [-0.3, -0.25) is 5.43 Å². The summed E-state index contributed by atoms with van der Waals surface area (Å²) in [5.74, 6) is 1.74. The van der Waals surface area contributed by atoms with Crippen LogP contribution in [0, 0.1) is 0 Å². The number of hydrazine groups is 1. The van der Waals surface area contributed by atoms with Crippen molar-refractivity contribution in [3.8, 4) is 23.0 Å². The average Bonchev–Trinajstić information content (AvgIpc) is 2.96. The number of hydrogen-bond acceptors (Lipinski definition) is 6. The maximum absolute atomic E-state index is 10.2. The van der Waals surface area contributed by atoms with E-state index in [1.807, 2.05) is 18.2 Å². The topological polar surface area (TPSA) is 83.0 Å². The van der Waals surface area contributed by atoms with Gasteiger partial charge in [-0.25, -0.2) is 5.43 Å². The fraction of sp³-hybridized carbons (Fsp3) is 0.333. The molecule has 4 N–H and O–H groups in total. The third-order valence-corrected chi connectivity index (χ3v) is 4.66. The SMILES string of the molecule is CC1NNC(c2ccc(O)cc2O)C1c1ccc2c(c1)OCCO2. The van der Waals surface area contributed by atoms with Crippen LogP contribution in [0.2, 0.25) is 0 Å². The highest BCUT2D eigenvalue weighted by Crippen LogP contribution is 2.43. The second kappa shape index (κ2) is 5.89. The first-order valence-corrected chi connectivity index (χ1v) is 8.06. The quantitative estimate of drug-likeness (QED) is 0.676. The van der Waals surface area contributed by atoms with Crippen LogP contribution < -0.4 is 20.3 Å². The van der Waals surface area contributed by atoms with Crippen molar-refractivity contribution < 1.29 is 19.7 Å². The van der Waals surface area contributed by atoms with E-state index < -0.39 is 0 Å². The lowest BCUT2D eigenvalue weighted by molar-refractivity contribution is 0.171. The standard InChI is InChI=1S/C18H20N2O4/c1-10-17(11-2-5-15-16(8-11)24-7-6-23-15)18(20-19-10)13-4-3-12(21)9-14(13)22/h2-5,8-10,17-22H,6-7H2,1H3. The highest BCUT2D eigenvalue weighted by molar-refractivity contribution is 5.48. The second-order valence-corrected chi connectivity index (χ2v) is 6.23. The Hall–Kier alpha value is -2.44. The molecule has 0 aliphatic carbocycles. The van der Waals surface area contributed by atoms with Crippen molar-refractivity contribution in [2.75, 3.05) is 13.2 Å². The summed E-state index contributed by atoms with van der Waals surface area (Å²) in [6.45, 7) is 3.21. The monoisotopic (exact) mass is 328 g/mol. The minimum atomic E-state index is -0.122. The van der Waals surface area contributed by atoms with Gasteiger partial charge in [0.15, 0.2) is 11.5 Å². The van der Waals surface area contributed by atoms with Crippen LogP contribution in [0.5, 0.6) is 23.0 Å². The summed E-state index contributed by atoms with van der Waals surface area (Å²) < 4.78 is 11.3. The molecule has 1 saturated heterocycles. The molecule has 24 heavy (non-hydrogen) atoms. The molecule has 6 heteroatoms. The van der Waals surface area contributed by atoms with Crippen LogP contribution in [0.4, 0.5) is 0 Å². The Morgan fingerprint density at radius 3 is 2.54 bits per heavy atom. The number of phenolic OH excluding ortho intramolecular Hbond substituents is 2. The summed E-state index contributed by atoms with van der Waals surface area (Å²) in [5.41, 5.74) is 8.33. The average molecular weight is 328 g/mol. The summed E-state index contributed by atoms with van der Waals surface area (Å²) in [6.07, 6.45) is 0. The zero-order valence-corrected chi connectivity index (χ0v) is 13.3. The van der Waals surface area contributed by atoms with Crippen LogP contribution in [-0.4, -0.2) is 29.5 Å². The molecule has 6 nitrogen and oxygen atoms in total. The van der Waals surface area contributed by atoms with E-state index in [4.69, 9.17) is 9.47 Å². The first-order chi connectivity index (χ1) is 11.6. The smallest absolute Gasteiger partial charge is 0.161 e. The van der Waals surface area contributed by atoms with Gasteiger partial charge >= 0.3 is 0 Å². The van der Waals surface area contributed by atoms with E-state index in [-0.39, 0.29) is 29.5 Å². The maximum Gasteiger partial charge on any atom is 0.161 e. The number of ether oxygens (including phenoxy) is 2. The maximum atomic E-state index is 10.2. The number of benzene rings is 2. The van der Waals surface area contributed by atoms with Crippen molar-refractivity contribution in [3.63, 3.8) is 0 Å². The lowest BCUT2D eigenvalue weighted by Crippen LogP contribution is -2.29. The molecule has 3 unspecified atom stereocenters. The van der Waals surface area contributed by atoms with Gasteiger partial charge in [0.2, 0.25) is 0 Å². The molecule has 0 aromatic heterocycles. The Kier molecular flexibility index (Phi) is 3.70. The zero-order valence-electron chi connectivity index (χ0n) is 13.3. The van der Waals surface area contributed by atoms with Crippen molar-refractivity contribution in [2.45, 2.75) is 24.9 Å². The van der Waals surface area contributed by atoms with Crippen molar-refractivity contribution in [1.82, 2.24) is 10.9 Å². The van der Waals surface area contributed by atoms with Gasteiger partial charge in [-0.15, -0.1) is 0 Å². The molecule has 2 aliphatic heterocycles. The number of hydrogen-bond donors (Lipinski definition) is 4. The third kappa shape index (κ3) is 2.53. The minimum Gasteiger partial charge on any atom is -0.508 e. The van der Waals surface area contributed by atoms with E-state index in [9.17, 15) is 10.2 Å². The van der Waals surface area contributed by atoms with Crippen molar-refractivity contribution >= 4 is 0 Å². The van der Waals surface area contributed by atoms with E-state index in [0.29, 0.717) is 13.2 Å². The number of aromatic hydroxyl groups is 2. The largest absolute Gasteiger partial charge is 0.508 e. The number of phenols is 2. The predicted molar refractivity (Wildman–Crippen MR) is 88.4 cm³/mol. The summed E-state index contributed by atoms with van der Waals surface area (Å²) in [4.78, 5) is 0. The molecule has 0 radical (unpaired) electrons. The lowest BCUT2D eigenvalue weighted by atomic mass is 9.84. The molecular formula is C18H20N2O4. The van der Waals surface area contributed by atoms with Gasteiger partial charge in [0.1, 0.15) is 24.7 Å². The molecule has 0 spiro atoms. The molecule has 0 amide bonds. The van der Waals surface area contributed by atoms with E-state index in [1.54, 1.807) is 12.1 Å². The Labute approximate surface area is 140 Å².